The van der Waals surface area contributed by atoms with Gasteiger partial charge in [-0.25, -0.2) is 0 Å². The Bertz CT molecular complexity index is 492. The molecule has 7 heteroatoms. The Morgan fingerprint density at radius 1 is 1.30 bits per heavy atom. The van der Waals surface area contributed by atoms with E-state index in [0.717, 1.165) is 0 Å². The van der Waals surface area contributed by atoms with Crippen LogP contribution in [0.5, 0.6) is 0 Å². The van der Waals surface area contributed by atoms with Gasteiger partial charge in [0.15, 0.2) is 0 Å². The van der Waals surface area contributed by atoms with Crippen LogP contribution in [0, 0.1) is 0 Å². The van der Waals surface area contributed by atoms with Crippen LogP contribution in [0.2, 0.25) is 0 Å². The summed E-state index contributed by atoms with van der Waals surface area (Å²) >= 11 is 0. The molecular weight excluding hydrogens is 262 g/mol. The zero-order valence-corrected chi connectivity index (χ0v) is 11.6. The molecule has 0 saturated heterocycles. The maximum atomic E-state index is 11.9. The Morgan fingerprint density at radius 2 is 1.95 bits per heavy atom. The molecular formula is C13H19N3O4. The minimum atomic E-state index is -1.03. The molecule has 1 aromatic rings. The monoisotopic (exact) mass is 281 g/mol. The number of nitrogens with zero attached hydrogens (tertiary/aromatic N) is 2. The number of amides is 2. The molecule has 0 spiro atoms. The van der Waals surface area contributed by atoms with Gasteiger partial charge < -0.3 is 19.9 Å². The molecule has 0 aromatic carbocycles. The van der Waals surface area contributed by atoms with E-state index < -0.39 is 11.9 Å². The number of carbonyl (C=O) groups is 3. The smallest absolute Gasteiger partial charge is 0.323 e. The Balaban J connectivity index is 2.61. The van der Waals surface area contributed by atoms with Crippen LogP contribution in [0.4, 0.5) is 0 Å². The van der Waals surface area contributed by atoms with Crippen molar-refractivity contribution in [3.05, 3.63) is 24.0 Å². The number of hydrogen-bond donors (Lipinski definition) is 2. The molecule has 2 amide bonds. The molecule has 1 heterocycles. The SMILES string of the molecule is CCN(CC)C(=O)CNC(=O)c1cccn1CC(=O)O. The second kappa shape index (κ2) is 7.32. The number of nitrogens with one attached hydrogen (secondary N) is 1. The molecule has 0 fully saturated rings. The molecule has 7 nitrogen and oxygen atoms in total. The van der Waals surface area contributed by atoms with Crippen molar-refractivity contribution in [2.45, 2.75) is 20.4 Å². The van der Waals surface area contributed by atoms with Crippen LogP contribution in [0.3, 0.4) is 0 Å². The van der Waals surface area contributed by atoms with Gasteiger partial charge in [-0.15, -0.1) is 0 Å². The summed E-state index contributed by atoms with van der Waals surface area (Å²) < 4.78 is 1.32. The predicted octanol–water partition coefficient (Wildman–Crippen LogP) is 0.171. The quantitative estimate of drug-likeness (QED) is 0.745. The van der Waals surface area contributed by atoms with Crippen LogP contribution in [0.25, 0.3) is 0 Å². The number of carboxylic acid groups (broad SMARTS) is 1. The minimum absolute atomic E-state index is 0.0984. The van der Waals surface area contributed by atoms with E-state index in [1.165, 1.54) is 16.8 Å². The average Bonchev–Trinajstić information content (AvgIpc) is 2.84. The number of carbonyl (C=O) groups excluding carboxylic acids is 2. The summed E-state index contributed by atoms with van der Waals surface area (Å²) in [7, 11) is 0. The summed E-state index contributed by atoms with van der Waals surface area (Å²) in [6.07, 6.45) is 1.51. The lowest BCUT2D eigenvalue weighted by Crippen LogP contribution is -2.40. The van der Waals surface area contributed by atoms with E-state index in [9.17, 15) is 14.4 Å². The first-order chi connectivity index (χ1) is 9.49. The second-order valence-electron chi connectivity index (χ2n) is 4.16. The average molecular weight is 281 g/mol. The fraction of sp³-hybridized carbons (Fsp3) is 0.462. The number of carboxylic acids is 1. The minimum Gasteiger partial charge on any atom is -0.480 e. The maximum absolute atomic E-state index is 11.9. The van der Waals surface area contributed by atoms with Crippen LogP contribution in [-0.4, -0.2) is 52.0 Å². The van der Waals surface area contributed by atoms with Crippen molar-refractivity contribution >= 4 is 17.8 Å². The van der Waals surface area contributed by atoms with Gasteiger partial charge in [-0.05, 0) is 26.0 Å². The lowest BCUT2D eigenvalue weighted by atomic mass is 10.3. The lowest BCUT2D eigenvalue weighted by molar-refractivity contribution is -0.137. The Kier molecular flexibility index (Phi) is 5.76. The highest BCUT2D eigenvalue weighted by Crippen LogP contribution is 2.02. The van der Waals surface area contributed by atoms with E-state index in [0.29, 0.717) is 13.1 Å². The van der Waals surface area contributed by atoms with Crippen molar-refractivity contribution in [1.29, 1.82) is 0 Å². The number of aliphatic carboxylic acids is 1. The van der Waals surface area contributed by atoms with Gasteiger partial charge in [0.25, 0.3) is 5.91 Å². The van der Waals surface area contributed by atoms with Gasteiger partial charge in [-0.3, -0.25) is 14.4 Å². The Hall–Kier alpha value is -2.31. The summed E-state index contributed by atoms with van der Waals surface area (Å²) in [5.41, 5.74) is 0.222. The van der Waals surface area contributed by atoms with Gasteiger partial charge in [0, 0.05) is 19.3 Å². The first-order valence-electron chi connectivity index (χ1n) is 6.42. The first-order valence-corrected chi connectivity index (χ1v) is 6.42. The second-order valence-corrected chi connectivity index (χ2v) is 4.16. The molecule has 0 bridgehead atoms. The van der Waals surface area contributed by atoms with E-state index in [-0.39, 0.29) is 24.7 Å². The van der Waals surface area contributed by atoms with Crippen LogP contribution < -0.4 is 5.32 Å². The van der Waals surface area contributed by atoms with Gasteiger partial charge in [0.2, 0.25) is 5.91 Å². The third kappa shape index (κ3) is 4.11. The standard InChI is InChI=1S/C13H19N3O4/c1-3-15(4-2)11(17)8-14-13(20)10-6-5-7-16(10)9-12(18)19/h5-7H,3-4,8-9H2,1-2H3,(H,14,20)(H,18,19). The van der Waals surface area contributed by atoms with Gasteiger partial charge in [-0.2, -0.15) is 0 Å². The molecule has 0 unspecified atom stereocenters. The molecule has 0 aliphatic rings. The maximum Gasteiger partial charge on any atom is 0.323 e. The van der Waals surface area contributed by atoms with Crippen molar-refractivity contribution in [3.8, 4) is 0 Å². The van der Waals surface area contributed by atoms with E-state index in [2.05, 4.69) is 5.32 Å². The largest absolute Gasteiger partial charge is 0.480 e. The fourth-order valence-electron chi connectivity index (χ4n) is 1.84. The molecule has 0 radical (unpaired) electrons. The highest BCUT2D eigenvalue weighted by molar-refractivity contribution is 5.95. The third-order valence-electron chi connectivity index (χ3n) is 2.88. The molecule has 0 atom stereocenters. The number of rotatable bonds is 7. The number of aromatic nitrogens is 1. The van der Waals surface area contributed by atoms with Gasteiger partial charge >= 0.3 is 5.97 Å². The van der Waals surface area contributed by atoms with Gasteiger partial charge in [0.1, 0.15) is 12.2 Å². The summed E-state index contributed by atoms with van der Waals surface area (Å²) in [5.74, 6) is -1.66. The van der Waals surface area contributed by atoms with Crippen molar-refractivity contribution in [1.82, 2.24) is 14.8 Å². The van der Waals surface area contributed by atoms with Crippen molar-refractivity contribution in [2.24, 2.45) is 0 Å². The molecule has 0 aliphatic carbocycles. The molecule has 2 N–H and O–H groups in total. The summed E-state index contributed by atoms with van der Waals surface area (Å²) in [6.45, 7) is 4.50. The molecule has 1 rings (SSSR count). The number of likely N-dealkylation sites (N-methyl/N-ethyl adjacent to an activating group) is 1. The topological polar surface area (TPSA) is 91.6 Å². The van der Waals surface area contributed by atoms with Gasteiger partial charge in [0.05, 0.1) is 6.54 Å². The van der Waals surface area contributed by atoms with E-state index in [1.807, 2.05) is 13.8 Å². The van der Waals surface area contributed by atoms with Crippen LogP contribution in [0.15, 0.2) is 18.3 Å². The predicted molar refractivity (Wildman–Crippen MR) is 72.3 cm³/mol. The fourth-order valence-corrected chi connectivity index (χ4v) is 1.84. The van der Waals surface area contributed by atoms with Crippen molar-refractivity contribution in [3.63, 3.8) is 0 Å². The van der Waals surface area contributed by atoms with Crippen molar-refractivity contribution < 1.29 is 19.5 Å². The molecule has 0 aliphatic heterocycles. The molecule has 110 valence electrons. The number of hydrogen-bond acceptors (Lipinski definition) is 3. The first kappa shape index (κ1) is 15.7. The molecule has 1 aromatic heterocycles. The Labute approximate surface area is 117 Å². The summed E-state index contributed by atoms with van der Waals surface area (Å²) in [5, 5.41) is 11.2. The lowest BCUT2D eigenvalue weighted by Gasteiger charge is -2.18. The summed E-state index contributed by atoms with van der Waals surface area (Å²) in [4.78, 5) is 35.9. The summed E-state index contributed by atoms with van der Waals surface area (Å²) in [6, 6.07) is 3.10. The molecule has 0 saturated carbocycles. The normalized spacial score (nSPS) is 10.1. The highest BCUT2D eigenvalue weighted by atomic mass is 16.4. The van der Waals surface area contributed by atoms with E-state index >= 15 is 0 Å². The highest BCUT2D eigenvalue weighted by Gasteiger charge is 2.15. The van der Waals surface area contributed by atoms with Gasteiger partial charge in [-0.1, -0.05) is 0 Å². The van der Waals surface area contributed by atoms with E-state index in [4.69, 9.17) is 5.11 Å². The third-order valence-corrected chi connectivity index (χ3v) is 2.88. The van der Waals surface area contributed by atoms with Crippen molar-refractivity contribution in [2.75, 3.05) is 19.6 Å². The van der Waals surface area contributed by atoms with Crippen LogP contribution >= 0.6 is 0 Å². The van der Waals surface area contributed by atoms with Crippen LogP contribution in [-0.2, 0) is 16.1 Å². The van der Waals surface area contributed by atoms with E-state index in [1.54, 1.807) is 11.0 Å². The Morgan fingerprint density at radius 3 is 2.50 bits per heavy atom. The van der Waals surface area contributed by atoms with Crippen LogP contribution in [0.1, 0.15) is 24.3 Å². The zero-order chi connectivity index (χ0) is 15.1. The molecule has 20 heavy (non-hydrogen) atoms. The zero-order valence-electron chi connectivity index (χ0n) is 11.6.